The summed E-state index contributed by atoms with van der Waals surface area (Å²) in [5.74, 6) is -1.08. The molecule has 0 aromatic heterocycles. The quantitative estimate of drug-likeness (QED) is 0.570. The number of allylic oxidation sites excluding steroid dienone is 4. The van der Waals surface area contributed by atoms with Crippen molar-refractivity contribution in [3.05, 3.63) is 24.3 Å². The van der Waals surface area contributed by atoms with Gasteiger partial charge in [0.15, 0.2) is 0 Å². The second kappa shape index (κ2) is 5.43. The zero-order valence-electron chi connectivity index (χ0n) is 9.95. The van der Waals surface area contributed by atoms with Crippen LogP contribution in [0, 0.1) is 5.41 Å². The van der Waals surface area contributed by atoms with E-state index >= 15 is 0 Å². The lowest BCUT2D eigenvalue weighted by atomic mass is 9.78. The van der Waals surface area contributed by atoms with E-state index in [-0.39, 0.29) is 12.8 Å². The Labute approximate surface area is 100.0 Å². The van der Waals surface area contributed by atoms with Crippen molar-refractivity contribution in [2.75, 3.05) is 0 Å². The predicted octanol–water partition coefficient (Wildman–Crippen LogP) is 1.27. The molecule has 0 aromatic carbocycles. The largest absolute Gasteiger partial charge is 0.328 e. The van der Waals surface area contributed by atoms with Crippen molar-refractivity contribution in [2.24, 2.45) is 5.41 Å². The molecule has 2 N–H and O–H groups in total. The molecule has 0 unspecified atom stereocenters. The van der Waals surface area contributed by atoms with Gasteiger partial charge in [0.25, 0.3) is 0 Å². The Balaban J connectivity index is 3.05. The number of rotatable bonds is 4. The van der Waals surface area contributed by atoms with E-state index in [4.69, 9.17) is 0 Å². The Morgan fingerprint density at radius 1 is 0.941 bits per heavy atom. The highest BCUT2D eigenvalue weighted by Crippen LogP contribution is 2.30. The molecule has 1 aliphatic rings. The second-order valence-electron chi connectivity index (χ2n) is 3.87. The summed E-state index contributed by atoms with van der Waals surface area (Å²) in [6.45, 7) is 3.63. The van der Waals surface area contributed by atoms with Crippen LogP contribution in [0.1, 0.15) is 26.7 Å². The van der Waals surface area contributed by atoms with Crippen LogP contribution < -0.4 is 10.6 Å². The molecule has 1 heterocycles. The number of urea groups is 1. The zero-order valence-corrected chi connectivity index (χ0v) is 9.95. The summed E-state index contributed by atoms with van der Waals surface area (Å²) in [6, 6.07) is -0.753. The summed E-state index contributed by atoms with van der Waals surface area (Å²) in [4.78, 5) is 34.8. The molecule has 1 fully saturated rings. The Morgan fingerprint density at radius 2 is 1.35 bits per heavy atom. The lowest BCUT2D eigenvalue weighted by Gasteiger charge is -2.32. The fraction of sp³-hybridized carbons (Fsp3) is 0.417. The molecular formula is C12H16N2O3. The van der Waals surface area contributed by atoms with E-state index in [0.29, 0.717) is 0 Å². The van der Waals surface area contributed by atoms with Gasteiger partial charge in [-0.2, -0.15) is 0 Å². The van der Waals surface area contributed by atoms with E-state index in [9.17, 15) is 14.4 Å². The first-order chi connectivity index (χ1) is 8.06. The number of barbiturate groups is 1. The molecule has 1 saturated heterocycles. The van der Waals surface area contributed by atoms with E-state index in [2.05, 4.69) is 10.6 Å². The van der Waals surface area contributed by atoms with Crippen molar-refractivity contribution in [3.63, 3.8) is 0 Å². The molecular weight excluding hydrogens is 220 g/mol. The lowest BCUT2D eigenvalue weighted by molar-refractivity contribution is -0.144. The highest BCUT2D eigenvalue weighted by Gasteiger charge is 2.48. The van der Waals surface area contributed by atoms with Crippen molar-refractivity contribution in [1.29, 1.82) is 0 Å². The van der Waals surface area contributed by atoms with Crippen LogP contribution in [0.15, 0.2) is 24.3 Å². The standard InChI is InChI=1S/C12H16N2O3/c1-3-5-7-12(8-6-4-2)9(15)13-11(17)14-10(12)16/h3-6H,7-8H2,1-2H3,(H2,13,14,15,16,17)/b5-3-,6-4-. The van der Waals surface area contributed by atoms with Crippen LogP contribution >= 0.6 is 0 Å². The lowest BCUT2D eigenvalue weighted by Crippen LogP contribution is -2.62. The molecule has 5 nitrogen and oxygen atoms in total. The third-order valence-corrected chi connectivity index (χ3v) is 2.73. The van der Waals surface area contributed by atoms with Gasteiger partial charge in [-0.05, 0) is 26.7 Å². The van der Waals surface area contributed by atoms with Crippen LogP contribution in [-0.4, -0.2) is 17.8 Å². The van der Waals surface area contributed by atoms with Gasteiger partial charge >= 0.3 is 6.03 Å². The third-order valence-electron chi connectivity index (χ3n) is 2.73. The van der Waals surface area contributed by atoms with Crippen molar-refractivity contribution in [1.82, 2.24) is 10.6 Å². The third kappa shape index (κ3) is 2.61. The van der Waals surface area contributed by atoms with Gasteiger partial charge < -0.3 is 0 Å². The molecule has 0 radical (unpaired) electrons. The Morgan fingerprint density at radius 3 is 1.71 bits per heavy atom. The number of carbonyl (C=O) groups is 3. The topological polar surface area (TPSA) is 75.3 Å². The van der Waals surface area contributed by atoms with Crippen LogP contribution in [0.25, 0.3) is 0 Å². The average molecular weight is 236 g/mol. The van der Waals surface area contributed by atoms with E-state index in [1.165, 1.54) is 0 Å². The summed E-state index contributed by atoms with van der Waals surface area (Å²) >= 11 is 0. The molecule has 1 rings (SSSR count). The molecule has 0 spiro atoms. The van der Waals surface area contributed by atoms with Gasteiger partial charge in [-0.25, -0.2) is 4.79 Å². The Hall–Kier alpha value is -1.91. The van der Waals surface area contributed by atoms with E-state index in [0.717, 1.165) is 0 Å². The van der Waals surface area contributed by atoms with Crippen LogP contribution in [-0.2, 0) is 9.59 Å². The fourth-order valence-corrected chi connectivity index (χ4v) is 1.67. The van der Waals surface area contributed by atoms with Gasteiger partial charge in [0.2, 0.25) is 11.8 Å². The minimum atomic E-state index is -1.22. The first-order valence-corrected chi connectivity index (χ1v) is 5.46. The summed E-state index contributed by atoms with van der Waals surface area (Å²) in [7, 11) is 0. The Kier molecular flexibility index (Phi) is 4.20. The van der Waals surface area contributed by atoms with Gasteiger partial charge in [0.1, 0.15) is 5.41 Å². The van der Waals surface area contributed by atoms with Crippen LogP contribution in [0.5, 0.6) is 0 Å². The number of imide groups is 2. The molecule has 17 heavy (non-hydrogen) atoms. The monoisotopic (exact) mass is 236 g/mol. The van der Waals surface area contributed by atoms with Gasteiger partial charge in [-0.1, -0.05) is 24.3 Å². The number of nitrogens with one attached hydrogen (secondary N) is 2. The maximum absolute atomic E-state index is 11.9. The molecule has 5 heteroatoms. The first kappa shape index (κ1) is 13.2. The predicted molar refractivity (Wildman–Crippen MR) is 63.0 cm³/mol. The number of carbonyl (C=O) groups excluding carboxylic acids is 3. The number of amides is 4. The summed E-state index contributed by atoms with van der Waals surface area (Å²) < 4.78 is 0. The molecule has 4 amide bonds. The highest BCUT2D eigenvalue weighted by molar-refractivity contribution is 6.19. The average Bonchev–Trinajstić information content (AvgIpc) is 2.27. The van der Waals surface area contributed by atoms with Crippen molar-refractivity contribution in [2.45, 2.75) is 26.7 Å². The minimum Gasteiger partial charge on any atom is -0.277 e. The van der Waals surface area contributed by atoms with E-state index in [1.54, 1.807) is 24.3 Å². The molecule has 0 saturated carbocycles. The molecule has 0 bridgehead atoms. The zero-order chi connectivity index (χ0) is 12.9. The summed E-state index contributed by atoms with van der Waals surface area (Å²) in [6.07, 6.45) is 7.59. The SMILES string of the molecule is C/C=C\CC1(C/C=C\C)C(=O)NC(=O)NC1=O. The van der Waals surface area contributed by atoms with Crippen molar-refractivity contribution < 1.29 is 14.4 Å². The smallest absolute Gasteiger partial charge is 0.277 e. The highest BCUT2D eigenvalue weighted by atomic mass is 16.2. The number of hydrogen-bond acceptors (Lipinski definition) is 3. The minimum absolute atomic E-state index is 0.277. The molecule has 92 valence electrons. The molecule has 0 aromatic rings. The molecule has 0 atom stereocenters. The molecule has 1 aliphatic heterocycles. The maximum atomic E-state index is 11.9. The van der Waals surface area contributed by atoms with E-state index in [1.807, 2.05) is 13.8 Å². The van der Waals surface area contributed by atoms with Crippen LogP contribution in [0.4, 0.5) is 4.79 Å². The van der Waals surface area contributed by atoms with Crippen LogP contribution in [0.3, 0.4) is 0 Å². The first-order valence-electron chi connectivity index (χ1n) is 5.46. The molecule has 0 aliphatic carbocycles. The number of hydrogen-bond donors (Lipinski definition) is 2. The van der Waals surface area contributed by atoms with Crippen molar-refractivity contribution in [3.8, 4) is 0 Å². The van der Waals surface area contributed by atoms with Crippen LogP contribution in [0.2, 0.25) is 0 Å². The fourth-order valence-electron chi connectivity index (χ4n) is 1.67. The van der Waals surface area contributed by atoms with Gasteiger partial charge in [0.05, 0.1) is 0 Å². The van der Waals surface area contributed by atoms with Gasteiger partial charge in [-0.15, -0.1) is 0 Å². The van der Waals surface area contributed by atoms with Gasteiger partial charge in [0, 0.05) is 0 Å². The Bertz CT molecular complexity index is 361. The normalized spacial score (nSPS) is 19.8. The second-order valence-corrected chi connectivity index (χ2v) is 3.87. The maximum Gasteiger partial charge on any atom is 0.328 e. The van der Waals surface area contributed by atoms with Gasteiger partial charge in [-0.3, -0.25) is 20.2 Å². The summed E-state index contributed by atoms with van der Waals surface area (Å²) in [5.41, 5.74) is -1.22. The van der Waals surface area contributed by atoms with Crippen molar-refractivity contribution >= 4 is 17.8 Å². The van der Waals surface area contributed by atoms with E-state index < -0.39 is 23.3 Å². The summed E-state index contributed by atoms with van der Waals surface area (Å²) in [5, 5.41) is 4.28.